The second-order valence-corrected chi connectivity index (χ2v) is 11.2. The van der Waals surface area contributed by atoms with Crippen LogP contribution in [0.5, 0.6) is 0 Å². The Labute approximate surface area is 157 Å². The number of sulfonamides is 2. The monoisotopic (exact) mass is 400 g/mol. The molecule has 2 fully saturated rings. The average molecular weight is 401 g/mol. The van der Waals surface area contributed by atoms with Crippen molar-refractivity contribution in [1.29, 1.82) is 0 Å². The fourth-order valence-electron chi connectivity index (χ4n) is 3.85. The van der Waals surface area contributed by atoms with Crippen LogP contribution in [0.3, 0.4) is 0 Å². The van der Waals surface area contributed by atoms with Crippen LogP contribution >= 0.6 is 0 Å². The number of hydrogen-bond donors (Lipinski definition) is 0. The van der Waals surface area contributed by atoms with E-state index in [1.54, 1.807) is 7.05 Å². The van der Waals surface area contributed by atoms with Gasteiger partial charge in [0.25, 0.3) is 0 Å². The Morgan fingerprint density at radius 1 is 0.808 bits per heavy atom. The Balaban J connectivity index is 1.80. The lowest BCUT2D eigenvalue weighted by Crippen LogP contribution is -2.36. The highest BCUT2D eigenvalue weighted by Crippen LogP contribution is 2.27. The Morgan fingerprint density at radius 2 is 1.31 bits per heavy atom. The van der Waals surface area contributed by atoms with E-state index in [1.165, 1.54) is 32.9 Å². The third-order valence-electron chi connectivity index (χ3n) is 5.54. The smallest absolute Gasteiger partial charge is 0.207 e. The lowest BCUT2D eigenvalue weighted by atomic mass is 10.1. The minimum atomic E-state index is -3.61. The molecule has 1 aliphatic carbocycles. The number of hydrogen-bond acceptors (Lipinski definition) is 4. The van der Waals surface area contributed by atoms with Crippen LogP contribution in [0.15, 0.2) is 34.1 Å². The predicted octanol–water partition coefficient (Wildman–Crippen LogP) is 2.81. The second-order valence-electron chi connectivity index (χ2n) is 7.25. The lowest BCUT2D eigenvalue weighted by molar-refractivity contribution is 0.335. The highest BCUT2D eigenvalue weighted by Gasteiger charge is 2.30. The van der Waals surface area contributed by atoms with Gasteiger partial charge in [0, 0.05) is 26.2 Å². The molecule has 8 heteroatoms. The van der Waals surface area contributed by atoms with Gasteiger partial charge in [0.2, 0.25) is 20.0 Å². The van der Waals surface area contributed by atoms with Gasteiger partial charge in [-0.2, -0.15) is 8.61 Å². The van der Waals surface area contributed by atoms with Crippen LogP contribution in [0.25, 0.3) is 0 Å². The molecular formula is C18H28N2O4S2. The van der Waals surface area contributed by atoms with Crippen LogP contribution in [0.2, 0.25) is 0 Å². The molecule has 0 bridgehead atoms. The van der Waals surface area contributed by atoms with Crippen molar-refractivity contribution in [3.63, 3.8) is 0 Å². The van der Waals surface area contributed by atoms with Crippen molar-refractivity contribution >= 4 is 20.0 Å². The first-order valence-electron chi connectivity index (χ1n) is 9.42. The largest absolute Gasteiger partial charge is 0.243 e. The van der Waals surface area contributed by atoms with E-state index >= 15 is 0 Å². The molecule has 6 nitrogen and oxygen atoms in total. The van der Waals surface area contributed by atoms with E-state index in [-0.39, 0.29) is 15.8 Å². The number of nitrogens with zero attached hydrogens (tertiary/aromatic N) is 2. The molecule has 146 valence electrons. The van der Waals surface area contributed by atoms with Gasteiger partial charge in [-0.15, -0.1) is 0 Å². The fourth-order valence-corrected chi connectivity index (χ4v) is 6.78. The maximum absolute atomic E-state index is 12.9. The molecule has 1 aromatic carbocycles. The standard InChI is InChI=1S/C18H28N2O4S2/c1-19(16-8-4-2-3-5-9-16)25(21,22)17-10-12-18(13-11-17)26(23,24)20-14-6-7-15-20/h10-13,16H,2-9,14-15H2,1H3. The molecule has 1 saturated heterocycles. The van der Waals surface area contributed by atoms with Gasteiger partial charge in [-0.05, 0) is 49.9 Å². The summed E-state index contributed by atoms with van der Waals surface area (Å²) >= 11 is 0. The van der Waals surface area contributed by atoms with E-state index in [1.807, 2.05) is 0 Å². The average Bonchev–Trinajstić information content (AvgIpc) is 3.05. The SMILES string of the molecule is CN(C1CCCCCC1)S(=O)(=O)c1ccc(S(=O)(=O)N2CCCC2)cc1. The first-order valence-corrected chi connectivity index (χ1v) is 12.3. The van der Waals surface area contributed by atoms with Gasteiger partial charge in [-0.1, -0.05) is 25.7 Å². The Kier molecular flexibility index (Phi) is 6.06. The van der Waals surface area contributed by atoms with E-state index in [2.05, 4.69) is 0 Å². The fraction of sp³-hybridized carbons (Fsp3) is 0.667. The number of rotatable bonds is 5. The molecule has 1 saturated carbocycles. The molecular weight excluding hydrogens is 372 g/mol. The van der Waals surface area contributed by atoms with Gasteiger partial charge in [0.1, 0.15) is 0 Å². The molecule has 0 atom stereocenters. The highest BCUT2D eigenvalue weighted by molar-refractivity contribution is 7.89. The summed E-state index contributed by atoms with van der Waals surface area (Å²) in [7, 11) is -5.49. The van der Waals surface area contributed by atoms with Crippen molar-refractivity contribution in [1.82, 2.24) is 8.61 Å². The van der Waals surface area contributed by atoms with Crippen molar-refractivity contribution in [3.05, 3.63) is 24.3 Å². The molecule has 0 radical (unpaired) electrons. The van der Waals surface area contributed by atoms with E-state index in [9.17, 15) is 16.8 Å². The summed E-state index contributed by atoms with van der Waals surface area (Å²) in [5.74, 6) is 0. The van der Waals surface area contributed by atoms with Gasteiger partial charge in [0.05, 0.1) is 9.79 Å². The zero-order valence-corrected chi connectivity index (χ0v) is 16.9. The molecule has 3 rings (SSSR count). The third-order valence-corrected chi connectivity index (χ3v) is 9.38. The Morgan fingerprint density at radius 3 is 1.85 bits per heavy atom. The minimum Gasteiger partial charge on any atom is -0.207 e. The van der Waals surface area contributed by atoms with E-state index < -0.39 is 20.0 Å². The second kappa shape index (κ2) is 7.96. The topological polar surface area (TPSA) is 74.8 Å². The van der Waals surface area contributed by atoms with E-state index in [4.69, 9.17) is 0 Å². The molecule has 0 unspecified atom stereocenters. The summed E-state index contributed by atoms with van der Waals surface area (Å²) < 4.78 is 54.0. The summed E-state index contributed by atoms with van der Waals surface area (Å²) in [6.07, 6.45) is 7.94. The van der Waals surface area contributed by atoms with Crippen molar-refractivity contribution in [2.45, 2.75) is 67.2 Å². The van der Waals surface area contributed by atoms with Gasteiger partial charge < -0.3 is 0 Å². The van der Waals surface area contributed by atoms with Gasteiger partial charge in [-0.3, -0.25) is 0 Å². The first kappa shape index (κ1) is 19.8. The van der Waals surface area contributed by atoms with Crippen molar-refractivity contribution in [2.24, 2.45) is 0 Å². The molecule has 0 spiro atoms. The van der Waals surface area contributed by atoms with Crippen molar-refractivity contribution in [2.75, 3.05) is 20.1 Å². The predicted molar refractivity (Wildman–Crippen MR) is 101 cm³/mol. The summed E-state index contributed by atoms with van der Waals surface area (Å²) in [6.45, 7) is 1.07. The molecule has 0 aromatic heterocycles. The molecule has 0 amide bonds. The zero-order chi connectivity index (χ0) is 18.8. The molecule has 2 aliphatic rings. The van der Waals surface area contributed by atoms with Crippen molar-refractivity contribution in [3.8, 4) is 0 Å². The zero-order valence-electron chi connectivity index (χ0n) is 15.3. The summed E-state index contributed by atoms with van der Waals surface area (Å²) in [6, 6.07) is 5.70. The van der Waals surface area contributed by atoms with Crippen LogP contribution in [-0.2, 0) is 20.0 Å². The van der Waals surface area contributed by atoms with Gasteiger partial charge in [0.15, 0.2) is 0 Å². The lowest BCUT2D eigenvalue weighted by Gasteiger charge is -2.26. The van der Waals surface area contributed by atoms with Crippen LogP contribution in [0.1, 0.15) is 51.4 Å². The van der Waals surface area contributed by atoms with Crippen LogP contribution in [0.4, 0.5) is 0 Å². The summed E-state index contributed by atoms with van der Waals surface area (Å²) in [5.41, 5.74) is 0. The highest BCUT2D eigenvalue weighted by atomic mass is 32.2. The molecule has 1 aliphatic heterocycles. The van der Waals surface area contributed by atoms with Crippen LogP contribution in [0, 0.1) is 0 Å². The molecule has 1 heterocycles. The third kappa shape index (κ3) is 3.98. The first-order chi connectivity index (χ1) is 12.3. The van der Waals surface area contributed by atoms with E-state index in [0.717, 1.165) is 51.4 Å². The van der Waals surface area contributed by atoms with E-state index in [0.29, 0.717) is 13.1 Å². The van der Waals surface area contributed by atoms with Crippen LogP contribution in [-0.4, -0.2) is 51.6 Å². The Bertz CT molecular complexity index is 805. The maximum atomic E-state index is 12.9. The normalized spacial score (nSPS) is 21.2. The number of benzene rings is 1. The minimum absolute atomic E-state index is 0.0236. The molecule has 0 N–H and O–H groups in total. The van der Waals surface area contributed by atoms with Gasteiger partial charge in [-0.25, -0.2) is 16.8 Å². The molecule has 26 heavy (non-hydrogen) atoms. The summed E-state index contributed by atoms with van der Waals surface area (Å²) in [4.78, 5) is 0.320. The quantitative estimate of drug-likeness (QED) is 0.712. The molecule has 1 aromatic rings. The Hall–Kier alpha value is -0.960. The van der Waals surface area contributed by atoms with Crippen molar-refractivity contribution < 1.29 is 16.8 Å². The van der Waals surface area contributed by atoms with Gasteiger partial charge >= 0.3 is 0 Å². The summed E-state index contributed by atoms with van der Waals surface area (Å²) in [5, 5.41) is 0. The van der Waals surface area contributed by atoms with Crippen LogP contribution < -0.4 is 0 Å². The maximum Gasteiger partial charge on any atom is 0.243 e.